The Hall–Kier alpha value is -2.93. The number of fused-ring (bicyclic) bond motifs is 1. The molecule has 1 aliphatic rings. The van der Waals surface area contributed by atoms with Gasteiger partial charge in [-0.2, -0.15) is 5.10 Å². The number of aromatic nitrogens is 2. The molecule has 1 aromatic carbocycles. The van der Waals surface area contributed by atoms with Crippen LogP contribution in [0.4, 0.5) is 5.82 Å². The third-order valence-corrected chi connectivity index (χ3v) is 6.89. The fraction of sp³-hybridized carbons (Fsp3) is 0.400. The first kappa shape index (κ1) is 22.3. The number of carbonyl (C=O) groups excluding carboxylic acids is 2. The molecular formula is C25H30N4O2S. The summed E-state index contributed by atoms with van der Waals surface area (Å²) in [4.78, 5) is 28.3. The molecule has 0 atom stereocenters. The third-order valence-electron chi connectivity index (χ3n) is 5.86. The summed E-state index contributed by atoms with van der Waals surface area (Å²) in [6.07, 6.45) is 2.96. The molecule has 0 fully saturated rings. The summed E-state index contributed by atoms with van der Waals surface area (Å²) in [6.45, 7) is 8.53. The molecule has 0 aliphatic carbocycles. The Labute approximate surface area is 193 Å². The van der Waals surface area contributed by atoms with Crippen LogP contribution in [-0.4, -0.2) is 33.0 Å². The standard InChI is InChI=1S/C25H30N4O2S/c1-25(2,3)20-6-4-18(5-7-20)16-29-22(10-13-26-29)27-23(30)8-9-24(31)28-14-11-21-19(17-28)12-15-32-21/h4-7,10,12-13,15H,8-9,11,14,16-17H2,1-3H3,(H,27,30). The third kappa shape index (κ3) is 5.27. The lowest BCUT2D eigenvalue weighted by Gasteiger charge is -2.27. The Morgan fingerprint density at radius 3 is 2.62 bits per heavy atom. The molecule has 32 heavy (non-hydrogen) atoms. The maximum atomic E-state index is 12.6. The van der Waals surface area contributed by atoms with E-state index in [-0.39, 0.29) is 30.1 Å². The summed E-state index contributed by atoms with van der Waals surface area (Å²) >= 11 is 1.75. The first-order chi connectivity index (χ1) is 15.3. The second-order valence-corrected chi connectivity index (χ2v) is 10.3. The number of rotatable bonds is 6. The average molecular weight is 451 g/mol. The van der Waals surface area contributed by atoms with E-state index in [4.69, 9.17) is 0 Å². The topological polar surface area (TPSA) is 67.2 Å². The summed E-state index contributed by atoms with van der Waals surface area (Å²) in [5.74, 6) is 0.504. The zero-order valence-corrected chi connectivity index (χ0v) is 19.7. The number of carbonyl (C=O) groups is 2. The van der Waals surface area contributed by atoms with E-state index in [1.54, 1.807) is 28.3 Å². The molecule has 3 heterocycles. The molecule has 0 saturated carbocycles. The number of hydrogen-bond acceptors (Lipinski definition) is 4. The van der Waals surface area contributed by atoms with E-state index in [2.05, 4.69) is 66.9 Å². The predicted molar refractivity (Wildman–Crippen MR) is 128 cm³/mol. The molecule has 4 rings (SSSR count). The average Bonchev–Trinajstić information content (AvgIpc) is 3.40. The highest BCUT2D eigenvalue weighted by Gasteiger charge is 2.22. The molecule has 0 unspecified atom stereocenters. The molecule has 0 saturated heterocycles. The van der Waals surface area contributed by atoms with Crippen LogP contribution < -0.4 is 5.32 Å². The van der Waals surface area contributed by atoms with Crippen molar-refractivity contribution in [2.45, 2.75) is 58.5 Å². The van der Waals surface area contributed by atoms with Crippen molar-refractivity contribution in [2.75, 3.05) is 11.9 Å². The molecule has 0 bridgehead atoms. The highest BCUT2D eigenvalue weighted by molar-refractivity contribution is 7.10. The smallest absolute Gasteiger partial charge is 0.226 e. The van der Waals surface area contributed by atoms with Crippen molar-refractivity contribution in [1.29, 1.82) is 0 Å². The molecule has 1 aliphatic heterocycles. The van der Waals surface area contributed by atoms with Crippen molar-refractivity contribution in [3.8, 4) is 0 Å². The van der Waals surface area contributed by atoms with Gasteiger partial charge in [0.05, 0.1) is 12.7 Å². The van der Waals surface area contributed by atoms with E-state index in [9.17, 15) is 9.59 Å². The van der Waals surface area contributed by atoms with E-state index >= 15 is 0 Å². The van der Waals surface area contributed by atoms with E-state index in [1.165, 1.54) is 16.0 Å². The summed E-state index contributed by atoms with van der Waals surface area (Å²) in [5.41, 5.74) is 3.74. The number of thiophene rings is 1. The molecule has 3 aromatic rings. The predicted octanol–water partition coefficient (Wildman–Crippen LogP) is 4.59. The van der Waals surface area contributed by atoms with Gasteiger partial charge in [-0.25, -0.2) is 4.68 Å². The normalized spacial score (nSPS) is 13.7. The van der Waals surface area contributed by atoms with Crippen LogP contribution in [-0.2, 0) is 34.5 Å². The number of amides is 2. The van der Waals surface area contributed by atoms with Gasteiger partial charge in [0.25, 0.3) is 0 Å². The molecule has 2 aromatic heterocycles. The van der Waals surface area contributed by atoms with E-state index in [0.29, 0.717) is 18.9 Å². The Balaban J connectivity index is 1.29. The highest BCUT2D eigenvalue weighted by Crippen LogP contribution is 2.25. The Kier molecular flexibility index (Phi) is 6.46. The Morgan fingerprint density at radius 1 is 1.09 bits per heavy atom. The lowest BCUT2D eigenvalue weighted by molar-refractivity contribution is -0.133. The zero-order valence-electron chi connectivity index (χ0n) is 18.9. The molecule has 7 heteroatoms. The van der Waals surface area contributed by atoms with Crippen molar-refractivity contribution >= 4 is 29.0 Å². The van der Waals surface area contributed by atoms with Crippen LogP contribution in [0.25, 0.3) is 0 Å². The van der Waals surface area contributed by atoms with Gasteiger partial charge >= 0.3 is 0 Å². The summed E-state index contributed by atoms with van der Waals surface area (Å²) in [7, 11) is 0. The number of nitrogens with zero attached hydrogens (tertiary/aromatic N) is 3. The molecule has 0 spiro atoms. The van der Waals surface area contributed by atoms with Gasteiger partial charge in [-0.05, 0) is 40.0 Å². The largest absolute Gasteiger partial charge is 0.338 e. The minimum Gasteiger partial charge on any atom is -0.338 e. The van der Waals surface area contributed by atoms with Crippen molar-refractivity contribution in [3.63, 3.8) is 0 Å². The number of hydrogen-bond donors (Lipinski definition) is 1. The van der Waals surface area contributed by atoms with Crippen LogP contribution in [0.1, 0.15) is 55.2 Å². The van der Waals surface area contributed by atoms with Crippen molar-refractivity contribution in [1.82, 2.24) is 14.7 Å². The van der Waals surface area contributed by atoms with Gasteiger partial charge in [-0.15, -0.1) is 11.3 Å². The molecular weight excluding hydrogens is 420 g/mol. The van der Waals surface area contributed by atoms with E-state index < -0.39 is 0 Å². The van der Waals surface area contributed by atoms with Crippen LogP contribution in [0.15, 0.2) is 48.0 Å². The summed E-state index contributed by atoms with van der Waals surface area (Å²) < 4.78 is 1.77. The number of nitrogens with one attached hydrogen (secondary N) is 1. The SMILES string of the molecule is CC(C)(C)c1ccc(Cn2nccc2NC(=O)CCC(=O)N2CCc3sccc3C2)cc1. The fourth-order valence-corrected chi connectivity index (χ4v) is 4.78. The van der Waals surface area contributed by atoms with Gasteiger partial charge in [0.15, 0.2) is 0 Å². The van der Waals surface area contributed by atoms with Gasteiger partial charge < -0.3 is 10.2 Å². The van der Waals surface area contributed by atoms with E-state index in [1.807, 2.05) is 4.90 Å². The minimum atomic E-state index is -0.170. The second kappa shape index (κ2) is 9.28. The Morgan fingerprint density at radius 2 is 1.88 bits per heavy atom. The van der Waals surface area contributed by atoms with Crippen LogP contribution in [0.3, 0.4) is 0 Å². The molecule has 2 amide bonds. The van der Waals surface area contributed by atoms with Crippen LogP contribution in [0.2, 0.25) is 0 Å². The zero-order chi connectivity index (χ0) is 22.7. The first-order valence-electron chi connectivity index (χ1n) is 11.0. The van der Waals surface area contributed by atoms with Gasteiger partial charge in [-0.3, -0.25) is 9.59 Å². The Bertz CT molecular complexity index is 1090. The summed E-state index contributed by atoms with van der Waals surface area (Å²) in [6, 6.07) is 12.4. The van der Waals surface area contributed by atoms with Crippen LogP contribution in [0, 0.1) is 0 Å². The molecule has 168 valence electrons. The van der Waals surface area contributed by atoms with E-state index in [0.717, 1.165) is 18.5 Å². The second-order valence-electron chi connectivity index (χ2n) is 9.30. The quantitative estimate of drug-likeness (QED) is 0.597. The van der Waals surface area contributed by atoms with Gasteiger partial charge in [-0.1, -0.05) is 45.0 Å². The lowest BCUT2D eigenvalue weighted by atomic mass is 9.87. The number of anilines is 1. The number of benzene rings is 1. The van der Waals surface area contributed by atoms with Crippen molar-refractivity contribution in [3.05, 3.63) is 69.5 Å². The van der Waals surface area contributed by atoms with Crippen LogP contribution in [0.5, 0.6) is 0 Å². The first-order valence-corrected chi connectivity index (χ1v) is 11.9. The maximum absolute atomic E-state index is 12.6. The molecule has 0 radical (unpaired) electrons. The van der Waals surface area contributed by atoms with Gasteiger partial charge in [0.2, 0.25) is 11.8 Å². The maximum Gasteiger partial charge on any atom is 0.226 e. The van der Waals surface area contributed by atoms with Gasteiger partial charge in [0, 0.05) is 36.9 Å². The lowest BCUT2D eigenvalue weighted by Crippen LogP contribution is -2.35. The van der Waals surface area contributed by atoms with Crippen molar-refractivity contribution in [2.24, 2.45) is 0 Å². The highest BCUT2D eigenvalue weighted by atomic mass is 32.1. The fourth-order valence-electron chi connectivity index (χ4n) is 3.89. The molecule has 6 nitrogen and oxygen atoms in total. The van der Waals surface area contributed by atoms with Crippen molar-refractivity contribution < 1.29 is 9.59 Å². The minimum absolute atomic E-state index is 0.0319. The monoisotopic (exact) mass is 450 g/mol. The molecule has 1 N–H and O–H groups in total. The summed E-state index contributed by atoms with van der Waals surface area (Å²) in [5, 5.41) is 9.33. The van der Waals surface area contributed by atoms with Gasteiger partial charge in [0.1, 0.15) is 5.82 Å². The van der Waals surface area contributed by atoms with Crippen LogP contribution >= 0.6 is 11.3 Å².